The van der Waals surface area contributed by atoms with Gasteiger partial charge in [0, 0.05) is 50.9 Å². The van der Waals surface area contributed by atoms with E-state index in [1.807, 2.05) is 37.2 Å². The zero-order valence-electron chi connectivity index (χ0n) is 16.4. The quantitative estimate of drug-likeness (QED) is 0.473. The lowest BCUT2D eigenvalue weighted by Gasteiger charge is -2.32. The molecule has 3 aromatic rings. The number of non-ortho nitro benzene ring substituents is 1. The van der Waals surface area contributed by atoms with Crippen LogP contribution in [0.4, 0.5) is 11.4 Å². The number of benzene rings is 2. The summed E-state index contributed by atoms with van der Waals surface area (Å²) < 4.78 is 1.19. The van der Waals surface area contributed by atoms with Crippen molar-refractivity contribution in [2.45, 2.75) is 18.8 Å². The van der Waals surface area contributed by atoms with E-state index in [0.29, 0.717) is 30.3 Å². The molecule has 0 saturated carbocycles. The predicted molar refractivity (Wildman–Crippen MR) is 115 cm³/mol. The summed E-state index contributed by atoms with van der Waals surface area (Å²) in [6.07, 6.45) is 1.69. The van der Waals surface area contributed by atoms with E-state index in [2.05, 4.69) is 6.07 Å². The second kappa shape index (κ2) is 7.79. The molecule has 0 spiro atoms. The molecule has 0 radical (unpaired) electrons. The topological polar surface area (TPSA) is 79.6 Å². The highest BCUT2D eigenvalue weighted by Gasteiger charge is 2.28. The Bertz CT molecular complexity index is 1040. The normalized spacial score (nSPS) is 14.9. The first kappa shape index (κ1) is 19.3. The molecule has 1 amide bonds. The predicted octanol–water partition coefficient (Wildman–Crippen LogP) is 4.29. The first-order valence-corrected chi connectivity index (χ1v) is 10.4. The van der Waals surface area contributed by atoms with Gasteiger partial charge in [-0.3, -0.25) is 14.9 Å². The third-order valence-electron chi connectivity index (χ3n) is 5.35. The van der Waals surface area contributed by atoms with E-state index in [1.165, 1.54) is 16.8 Å². The molecular weight excluding hydrogens is 388 g/mol. The highest BCUT2D eigenvalue weighted by Crippen LogP contribution is 2.35. The number of hydrogen-bond acceptors (Lipinski definition) is 6. The van der Waals surface area contributed by atoms with Crippen LogP contribution in [-0.4, -0.2) is 47.9 Å². The van der Waals surface area contributed by atoms with Crippen molar-refractivity contribution in [1.29, 1.82) is 0 Å². The molecule has 2 aromatic carbocycles. The van der Waals surface area contributed by atoms with Crippen LogP contribution in [-0.2, 0) is 0 Å². The molecule has 8 heteroatoms. The van der Waals surface area contributed by atoms with Crippen LogP contribution in [0.1, 0.15) is 34.1 Å². The second-order valence-corrected chi connectivity index (χ2v) is 8.50. The minimum absolute atomic E-state index is 0.0664. The third kappa shape index (κ3) is 3.80. The second-order valence-electron chi connectivity index (χ2n) is 7.44. The van der Waals surface area contributed by atoms with E-state index in [9.17, 15) is 14.9 Å². The van der Waals surface area contributed by atoms with Crippen molar-refractivity contribution < 1.29 is 9.72 Å². The fourth-order valence-electron chi connectivity index (χ4n) is 3.76. The van der Waals surface area contributed by atoms with E-state index in [1.54, 1.807) is 22.3 Å². The Labute approximate surface area is 172 Å². The zero-order chi connectivity index (χ0) is 20.5. The number of likely N-dealkylation sites (tertiary alicyclic amines) is 1. The van der Waals surface area contributed by atoms with Crippen LogP contribution in [0.15, 0.2) is 42.5 Å². The van der Waals surface area contributed by atoms with Crippen LogP contribution in [0.2, 0.25) is 0 Å². The molecule has 150 valence electrons. The van der Waals surface area contributed by atoms with Crippen molar-refractivity contribution in [2.24, 2.45) is 0 Å². The number of nitro groups is 1. The van der Waals surface area contributed by atoms with E-state index in [-0.39, 0.29) is 11.6 Å². The lowest BCUT2D eigenvalue weighted by molar-refractivity contribution is -0.384. The van der Waals surface area contributed by atoms with Crippen molar-refractivity contribution in [2.75, 3.05) is 32.1 Å². The first-order valence-electron chi connectivity index (χ1n) is 9.54. The van der Waals surface area contributed by atoms with Crippen LogP contribution in [0.5, 0.6) is 0 Å². The summed E-state index contributed by atoms with van der Waals surface area (Å²) in [6.45, 7) is 1.24. The van der Waals surface area contributed by atoms with Crippen molar-refractivity contribution in [1.82, 2.24) is 9.88 Å². The Morgan fingerprint density at radius 1 is 1.21 bits per heavy atom. The van der Waals surface area contributed by atoms with E-state index in [0.717, 1.165) is 23.4 Å². The van der Waals surface area contributed by atoms with Gasteiger partial charge in [0.2, 0.25) is 0 Å². The van der Waals surface area contributed by atoms with Gasteiger partial charge in [0.15, 0.2) is 0 Å². The van der Waals surface area contributed by atoms with Crippen molar-refractivity contribution in [3.05, 3.63) is 63.1 Å². The molecule has 1 fully saturated rings. The monoisotopic (exact) mass is 410 g/mol. The number of piperidine rings is 1. The Balaban J connectivity index is 1.51. The maximum atomic E-state index is 13.1. The molecule has 0 atom stereocenters. The van der Waals surface area contributed by atoms with E-state index < -0.39 is 4.92 Å². The summed E-state index contributed by atoms with van der Waals surface area (Å²) in [5.74, 6) is 0.190. The molecular formula is C21H22N4O3S. The number of aromatic nitrogens is 1. The molecule has 0 aliphatic carbocycles. The maximum Gasteiger partial charge on any atom is 0.270 e. The fourth-order valence-corrected chi connectivity index (χ4v) is 4.90. The maximum absolute atomic E-state index is 13.1. The van der Waals surface area contributed by atoms with Gasteiger partial charge in [0.05, 0.1) is 25.7 Å². The Morgan fingerprint density at radius 3 is 2.59 bits per heavy atom. The standard InChI is InChI=1S/C21H22N4O3S/c1-23(2)18-8-7-15(25(27)28)13-16(18)21(26)24-11-9-14(10-12-24)20-22-17-5-3-4-6-19(17)29-20/h3-8,13-14H,9-12H2,1-2H3. The van der Waals surface area contributed by atoms with Gasteiger partial charge in [-0.25, -0.2) is 4.98 Å². The largest absolute Gasteiger partial charge is 0.377 e. The van der Waals surface area contributed by atoms with Crippen LogP contribution >= 0.6 is 11.3 Å². The summed E-state index contributed by atoms with van der Waals surface area (Å²) in [7, 11) is 3.66. The number of carbonyl (C=O) groups is 1. The van der Waals surface area contributed by atoms with Crippen LogP contribution < -0.4 is 4.90 Å². The van der Waals surface area contributed by atoms with Gasteiger partial charge in [0.25, 0.3) is 11.6 Å². The van der Waals surface area contributed by atoms with Crippen LogP contribution in [0.25, 0.3) is 10.2 Å². The molecule has 1 aliphatic heterocycles. The molecule has 7 nitrogen and oxygen atoms in total. The van der Waals surface area contributed by atoms with Gasteiger partial charge in [-0.15, -0.1) is 11.3 Å². The molecule has 0 N–H and O–H groups in total. The number of para-hydroxylation sites is 1. The van der Waals surface area contributed by atoms with Crippen molar-refractivity contribution >= 4 is 38.8 Å². The average molecular weight is 410 g/mol. The molecule has 2 heterocycles. The Kier molecular flexibility index (Phi) is 5.19. The average Bonchev–Trinajstić information content (AvgIpc) is 3.17. The molecule has 1 saturated heterocycles. The SMILES string of the molecule is CN(C)c1ccc([N+](=O)[O-])cc1C(=O)N1CCC(c2nc3ccccc3s2)CC1. The number of amides is 1. The van der Waals surface area contributed by atoms with E-state index >= 15 is 0 Å². The van der Waals surface area contributed by atoms with Gasteiger partial charge in [-0.05, 0) is 31.0 Å². The lowest BCUT2D eigenvalue weighted by Crippen LogP contribution is -2.38. The van der Waals surface area contributed by atoms with Crippen LogP contribution in [0, 0.1) is 10.1 Å². The van der Waals surface area contributed by atoms with Crippen molar-refractivity contribution in [3.63, 3.8) is 0 Å². The summed E-state index contributed by atoms with van der Waals surface area (Å²) in [5.41, 5.74) is 2.03. The number of thiazole rings is 1. The number of hydrogen-bond donors (Lipinski definition) is 0. The fraction of sp³-hybridized carbons (Fsp3) is 0.333. The summed E-state index contributed by atoms with van der Waals surface area (Å²) in [5, 5.41) is 12.3. The van der Waals surface area contributed by atoms with Gasteiger partial charge < -0.3 is 9.80 Å². The lowest BCUT2D eigenvalue weighted by atomic mass is 9.96. The van der Waals surface area contributed by atoms with Gasteiger partial charge >= 0.3 is 0 Å². The minimum Gasteiger partial charge on any atom is -0.377 e. The smallest absolute Gasteiger partial charge is 0.270 e. The zero-order valence-corrected chi connectivity index (χ0v) is 17.2. The van der Waals surface area contributed by atoms with Gasteiger partial charge in [-0.2, -0.15) is 0 Å². The number of rotatable bonds is 4. The molecule has 29 heavy (non-hydrogen) atoms. The van der Waals surface area contributed by atoms with E-state index in [4.69, 9.17) is 4.98 Å². The van der Waals surface area contributed by atoms with Gasteiger partial charge in [-0.1, -0.05) is 12.1 Å². The summed E-state index contributed by atoms with van der Waals surface area (Å²) in [4.78, 5) is 32.2. The molecule has 4 rings (SSSR count). The van der Waals surface area contributed by atoms with Gasteiger partial charge in [0.1, 0.15) is 0 Å². The molecule has 1 aromatic heterocycles. The number of fused-ring (bicyclic) bond motifs is 1. The highest BCUT2D eigenvalue weighted by molar-refractivity contribution is 7.18. The summed E-state index contributed by atoms with van der Waals surface area (Å²) >= 11 is 1.73. The molecule has 0 bridgehead atoms. The number of anilines is 1. The van der Waals surface area contributed by atoms with Crippen LogP contribution in [0.3, 0.4) is 0 Å². The number of carbonyl (C=O) groups excluding carboxylic acids is 1. The first-order chi connectivity index (χ1) is 13.9. The number of nitrogens with zero attached hydrogens (tertiary/aromatic N) is 4. The highest BCUT2D eigenvalue weighted by atomic mass is 32.1. The number of nitro benzene ring substituents is 1. The molecule has 1 aliphatic rings. The van der Waals surface area contributed by atoms with Crippen molar-refractivity contribution in [3.8, 4) is 0 Å². The molecule has 0 unspecified atom stereocenters. The Hall–Kier alpha value is -3.00. The summed E-state index contributed by atoms with van der Waals surface area (Å²) in [6, 6.07) is 12.6. The third-order valence-corrected chi connectivity index (χ3v) is 6.54. The minimum atomic E-state index is -0.463. The Morgan fingerprint density at radius 2 is 1.93 bits per heavy atom.